The maximum atomic E-state index is 14.2. The van der Waals surface area contributed by atoms with Crippen LogP contribution >= 0.6 is 0 Å². The van der Waals surface area contributed by atoms with Crippen LogP contribution in [-0.2, 0) is 4.79 Å². The molecule has 0 atom stereocenters. The molecule has 1 aliphatic heterocycles. The molecule has 3 aromatic carbocycles. The summed E-state index contributed by atoms with van der Waals surface area (Å²) in [5.41, 5.74) is 4.38. The monoisotopic (exact) mass is 601 g/mol. The number of halogens is 2. The lowest BCUT2D eigenvalue weighted by atomic mass is 10.1. The zero-order chi connectivity index (χ0) is 30.9. The van der Waals surface area contributed by atoms with Crippen molar-refractivity contribution in [1.29, 1.82) is 0 Å². The molecule has 11 heteroatoms. The third kappa shape index (κ3) is 5.47. The summed E-state index contributed by atoms with van der Waals surface area (Å²) in [6.07, 6.45) is 4.90. The Bertz CT molecular complexity index is 2070. The van der Waals surface area contributed by atoms with Crippen molar-refractivity contribution in [2.45, 2.75) is 12.8 Å². The molecule has 0 unspecified atom stereocenters. The maximum Gasteiger partial charge on any atom is 0.261 e. The molecule has 4 heterocycles. The lowest BCUT2D eigenvalue weighted by molar-refractivity contribution is -0.117. The van der Waals surface area contributed by atoms with Gasteiger partial charge in [-0.25, -0.2) is 23.7 Å². The normalized spacial score (nSPS) is 12.9. The van der Waals surface area contributed by atoms with Crippen molar-refractivity contribution < 1.29 is 18.4 Å². The molecule has 0 aliphatic carbocycles. The topological polar surface area (TPSA) is 105 Å². The van der Waals surface area contributed by atoms with Gasteiger partial charge in [-0.1, -0.05) is 30.3 Å². The van der Waals surface area contributed by atoms with Crippen LogP contribution in [0.3, 0.4) is 0 Å². The molecule has 1 aliphatic rings. The Morgan fingerprint density at radius 3 is 2.47 bits per heavy atom. The predicted molar refractivity (Wildman–Crippen MR) is 167 cm³/mol. The first kappa shape index (κ1) is 27.8. The number of hydrogen-bond donors (Lipinski definition) is 2. The molecule has 45 heavy (non-hydrogen) atoms. The zero-order valence-electron chi connectivity index (χ0n) is 23.7. The number of hydrogen-bond acceptors (Lipinski definition) is 6. The van der Waals surface area contributed by atoms with Crippen molar-refractivity contribution in [3.05, 3.63) is 121 Å². The molecule has 2 N–H and O–H groups in total. The fourth-order valence-corrected chi connectivity index (χ4v) is 5.45. The Morgan fingerprint density at radius 2 is 1.64 bits per heavy atom. The minimum atomic E-state index is -0.948. The van der Waals surface area contributed by atoms with Gasteiger partial charge in [0.1, 0.15) is 22.8 Å². The third-order valence-corrected chi connectivity index (χ3v) is 7.50. The number of pyridine rings is 1. The van der Waals surface area contributed by atoms with Crippen LogP contribution in [0.25, 0.3) is 28.3 Å². The standard InChI is InChI=1S/C34H25F2N7O2/c35-25-11-5-12-26(36)30(25)33(45)38-22-8-3-7-21(19-22)31-32(43-17-2-1-13-28(43)41-31)27-15-16-37-34(40-27)39-23-9-4-10-24(20-23)42-18-6-14-29(42)44/h1-5,7-13,15-17,19-20H,6,14,18H2,(H,38,45)(H,37,39,40). The first-order chi connectivity index (χ1) is 21.9. The van der Waals surface area contributed by atoms with E-state index < -0.39 is 23.1 Å². The van der Waals surface area contributed by atoms with E-state index >= 15 is 0 Å². The quantitative estimate of drug-likeness (QED) is 0.207. The smallest absolute Gasteiger partial charge is 0.261 e. The molecule has 9 nitrogen and oxygen atoms in total. The first-order valence-corrected chi connectivity index (χ1v) is 14.3. The Kier molecular flexibility index (Phi) is 7.18. The van der Waals surface area contributed by atoms with Crippen LogP contribution in [0.1, 0.15) is 23.2 Å². The first-order valence-electron chi connectivity index (χ1n) is 14.3. The largest absolute Gasteiger partial charge is 0.324 e. The zero-order valence-corrected chi connectivity index (χ0v) is 23.7. The van der Waals surface area contributed by atoms with Gasteiger partial charge < -0.3 is 15.5 Å². The number of nitrogens with zero attached hydrogens (tertiary/aromatic N) is 5. The average molecular weight is 602 g/mol. The second kappa shape index (κ2) is 11.6. The highest BCUT2D eigenvalue weighted by Gasteiger charge is 2.23. The van der Waals surface area contributed by atoms with Gasteiger partial charge in [0.25, 0.3) is 5.91 Å². The molecule has 0 saturated carbocycles. The molecule has 0 radical (unpaired) electrons. The van der Waals surface area contributed by atoms with E-state index in [1.165, 1.54) is 6.07 Å². The predicted octanol–water partition coefficient (Wildman–Crippen LogP) is 6.86. The maximum absolute atomic E-state index is 14.2. The summed E-state index contributed by atoms with van der Waals surface area (Å²) in [5, 5.41) is 5.84. The van der Waals surface area contributed by atoms with E-state index in [-0.39, 0.29) is 5.91 Å². The van der Waals surface area contributed by atoms with Crippen LogP contribution < -0.4 is 15.5 Å². The summed E-state index contributed by atoms with van der Waals surface area (Å²) in [5.74, 6) is -2.34. The summed E-state index contributed by atoms with van der Waals surface area (Å²) in [6.45, 7) is 0.691. The summed E-state index contributed by atoms with van der Waals surface area (Å²) < 4.78 is 30.4. The van der Waals surface area contributed by atoms with Gasteiger partial charge in [-0.3, -0.25) is 14.0 Å². The molecule has 2 amide bonds. The van der Waals surface area contributed by atoms with E-state index in [1.54, 1.807) is 35.4 Å². The molecule has 1 fully saturated rings. The van der Waals surface area contributed by atoms with E-state index in [0.717, 1.165) is 29.9 Å². The second-order valence-corrected chi connectivity index (χ2v) is 10.5. The number of aromatic nitrogens is 4. The number of nitrogens with one attached hydrogen (secondary N) is 2. The average Bonchev–Trinajstić information content (AvgIpc) is 3.65. The molecule has 0 bridgehead atoms. The van der Waals surface area contributed by atoms with Gasteiger partial charge in [-0.2, -0.15) is 0 Å². The summed E-state index contributed by atoms with van der Waals surface area (Å²) in [7, 11) is 0. The van der Waals surface area contributed by atoms with Crippen LogP contribution in [0.4, 0.5) is 31.8 Å². The molecular formula is C34H25F2N7O2. The van der Waals surface area contributed by atoms with E-state index in [9.17, 15) is 18.4 Å². The van der Waals surface area contributed by atoms with E-state index in [4.69, 9.17) is 9.97 Å². The molecule has 0 spiro atoms. The molecule has 3 aromatic heterocycles. The lowest BCUT2D eigenvalue weighted by Gasteiger charge is -2.17. The summed E-state index contributed by atoms with van der Waals surface area (Å²) in [4.78, 5) is 40.9. The lowest BCUT2D eigenvalue weighted by Crippen LogP contribution is -2.23. The van der Waals surface area contributed by atoms with Gasteiger partial charge in [0.2, 0.25) is 11.9 Å². The van der Waals surface area contributed by atoms with Crippen LogP contribution in [0.5, 0.6) is 0 Å². The number of amides is 2. The van der Waals surface area contributed by atoms with Crippen LogP contribution in [0.15, 0.2) is 103 Å². The van der Waals surface area contributed by atoms with Crippen molar-refractivity contribution in [3.63, 3.8) is 0 Å². The highest BCUT2D eigenvalue weighted by Crippen LogP contribution is 2.34. The molecule has 7 rings (SSSR count). The SMILES string of the molecule is O=C(Nc1cccc(-c2nc3ccccn3c2-c2ccnc(Nc3cccc(N4CCCC4=O)c3)n2)c1)c1c(F)cccc1F. The number of fused-ring (bicyclic) bond motifs is 1. The Hall–Kier alpha value is -5.97. The van der Waals surface area contributed by atoms with Crippen LogP contribution in [0.2, 0.25) is 0 Å². The molecule has 222 valence electrons. The number of rotatable bonds is 7. The summed E-state index contributed by atoms with van der Waals surface area (Å²) in [6, 6.07) is 25.1. The van der Waals surface area contributed by atoms with Crippen LogP contribution in [-0.4, -0.2) is 37.7 Å². The minimum absolute atomic E-state index is 0.105. The number of anilines is 4. The Morgan fingerprint density at radius 1 is 0.844 bits per heavy atom. The Labute approximate surface area is 256 Å². The number of carbonyl (C=O) groups excluding carboxylic acids is 2. The van der Waals surface area contributed by atoms with Crippen molar-refractivity contribution in [2.24, 2.45) is 0 Å². The fourth-order valence-electron chi connectivity index (χ4n) is 5.45. The third-order valence-electron chi connectivity index (χ3n) is 7.50. The van der Waals surface area contributed by atoms with Gasteiger partial charge in [0.15, 0.2) is 0 Å². The van der Waals surface area contributed by atoms with Crippen molar-refractivity contribution in [2.75, 3.05) is 22.1 Å². The summed E-state index contributed by atoms with van der Waals surface area (Å²) >= 11 is 0. The highest BCUT2D eigenvalue weighted by molar-refractivity contribution is 6.05. The van der Waals surface area contributed by atoms with Gasteiger partial charge in [0.05, 0.1) is 17.1 Å². The fraction of sp³-hybridized carbons (Fsp3) is 0.0882. The second-order valence-electron chi connectivity index (χ2n) is 10.5. The highest BCUT2D eigenvalue weighted by atomic mass is 19.1. The van der Waals surface area contributed by atoms with Crippen molar-refractivity contribution in [3.8, 4) is 22.6 Å². The number of imidazole rings is 1. The molecule has 1 saturated heterocycles. The van der Waals surface area contributed by atoms with E-state index in [1.807, 2.05) is 59.1 Å². The van der Waals surface area contributed by atoms with Gasteiger partial charge in [0, 0.05) is 48.0 Å². The molecular weight excluding hydrogens is 576 g/mol. The van der Waals surface area contributed by atoms with Crippen LogP contribution in [0, 0.1) is 11.6 Å². The Balaban J connectivity index is 1.23. The van der Waals surface area contributed by atoms with Crippen molar-refractivity contribution >= 4 is 40.5 Å². The van der Waals surface area contributed by atoms with Gasteiger partial charge in [-0.15, -0.1) is 0 Å². The van der Waals surface area contributed by atoms with Gasteiger partial charge in [-0.05, 0) is 67.1 Å². The van der Waals surface area contributed by atoms with Gasteiger partial charge >= 0.3 is 0 Å². The van der Waals surface area contributed by atoms with E-state index in [2.05, 4.69) is 15.6 Å². The van der Waals surface area contributed by atoms with Crippen molar-refractivity contribution in [1.82, 2.24) is 19.4 Å². The molecule has 6 aromatic rings. The number of carbonyl (C=O) groups is 2. The number of benzene rings is 3. The van der Waals surface area contributed by atoms with E-state index in [0.29, 0.717) is 52.9 Å². The minimum Gasteiger partial charge on any atom is -0.324 e.